The molecule has 0 saturated heterocycles. The summed E-state index contributed by atoms with van der Waals surface area (Å²) in [6.45, 7) is 3.59. The zero-order chi connectivity index (χ0) is 20.4. The van der Waals surface area contributed by atoms with Gasteiger partial charge >= 0.3 is 0 Å². The maximum absolute atomic E-state index is 12.5. The average molecular weight is 407 g/mol. The van der Waals surface area contributed by atoms with Crippen LogP contribution in [0.4, 0.5) is 5.69 Å². The van der Waals surface area contributed by atoms with E-state index in [2.05, 4.69) is 10.3 Å². The molecule has 29 heavy (non-hydrogen) atoms. The van der Waals surface area contributed by atoms with Gasteiger partial charge in [0, 0.05) is 16.3 Å². The van der Waals surface area contributed by atoms with Crippen LogP contribution in [-0.4, -0.2) is 17.0 Å². The molecule has 4 rings (SSSR count). The molecule has 6 heteroatoms. The highest BCUT2D eigenvalue weighted by molar-refractivity contribution is 6.30. The smallest absolute Gasteiger partial charge is 0.265 e. The molecule has 0 spiro atoms. The summed E-state index contributed by atoms with van der Waals surface area (Å²) in [5.74, 6) is 0.927. The Balaban J connectivity index is 1.43. The fourth-order valence-electron chi connectivity index (χ4n) is 2.92. The third kappa shape index (κ3) is 4.25. The van der Waals surface area contributed by atoms with Crippen LogP contribution in [0, 0.1) is 6.92 Å². The van der Waals surface area contributed by atoms with E-state index in [1.807, 2.05) is 55.5 Å². The Morgan fingerprint density at radius 3 is 2.59 bits per heavy atom. The van der Waals surface area contributed by atoms with E-state index in [1.165, 1.54) is 0 Å². The highest BCUT2D eigenvalue weighted by Gasteiger charge is 2.16. The Morgan fingerprint density at radius 2 is 1.86 bits per heavy atom. The number of anilines is 1. The summed E-state index contributed by atoms with van der Waals surface area (Å²) in [7, 11) is 0. The van der Waals surface area contributed by atoms with E-state index in [4.69, 9.17) is 20.8 Å². The standard InChI is InChI=1S/C23H19ClN2O3/c1-14-13-17(24)9-12-20(14)28-15(2)22(27)25-18-10-7-16(8-11-18)23-26-19-5-3-4-6-21(19)29-23/h3-13,15H,1-2H3,(H,25,27)/t15-/m1/s1. The third-order valence-corrected chi connectivity index (χ3v) is 4.74. The summed E-state index contributed by atoms with van der Waals surface area (Å²) in [6.07, 6.45) is -0.661. The minimum atomic E-state index is -0.661. The summed E-state index contributed by atoms with van der Waals surface area (Å²) in [5, 5.41) is 3.49. The number of amides is 1. The monoisotopic (exact) mass is 406 g/mol. The molecule has 1 N–H and O–H groups in total. The van der Waals surface area contributed by atoms with E-state index in [0.29, 0.717) is 22.4 Å². The van der Waals surface area contributed by atoms with E-state index in [9.17, 15) is 4.79 Å². The van der Waals surface area contributed by atoms with Crippen molar-refractivity contribution in [3.8, 4) is 17.2 Å². The van der Waals surface area contributed by atoms with Crippen molar-refractivity contribution in [1.82, 2.24) is 4.98 Å². The molecular weight excluding hydrogens is 388 g/mol. The Morgan fingerprint density at radius 1 is 1.10 bits per heavy atom. The molecule has 1 amide bonds. The number of carbonyl (C=O) groups excluding carboxylic acids is 1. The van der Waals surface area contributed by atoms with Gasteiger partial charge in [-0.2, -0.15) is 0 Å². The highest BCUT2D eigenvalue weighted by Crippen LogP contribution is 2.26. The number of aryl methyl sites for hydroxylation is 1. The Kier molecular flexibility index (Phi) is 5.23. The Labute approximate surface area is 173 Å². The lowest BCUT2D eigenvalue weighted by molar-refractivity contribution is -0.122. The van der Waals surface area contributed by atoms with Gasteiger partial charge in [-0.25, -0.2) is 4.98 Å². The van der Waals surface area contributed by atoms with Crippen molar-refractivity contribution in [3.05, 3.63) is 77.3 Å². The van der Waals surface area contributed by atoms with Crippen molar-refractivity contribution in [3.63, 3.8) is 0 Å². The zero-order valence-corrected chi connectivity index (χ0v) is 16.7. The second-order valence-corrected chi connectivity index (χ2v) is 7.16. The number of rotatable bonds is 5. The van der Waals surface area contributed by atoms with Crippen LogP contribution in [0.25, 0.3) is 22.6 Å². The third-order valence-electron chi connectivity index (χ3n) is 4.50. The maximum Gasteiger partial charge on any atom is 0.265 e. The average Bonchev–Trinajstić information content (AvgIpc) is 3.15. The van der Waals surface area contributed by atoms with Gasteiger partial charge in [0.15, 0.2) is 11.7 Å². The van der Waals surface area contributed by atoms with Crippen LogP contribution >= 0.6 is 11.6 Å². The summed E-state index contributed by atoms with van der Waals surface area (Å²) in [5.41, 5.74) is 3.92. The van der Waals surface area contributed by atoms with Crippen LogP contribution in [0.1, 0.15) is 12.5 Å². The summed E-state index contributed by atoms with van der Waals surface area (Å²) >= 11 is 5.96. The van der Waals surface area contributed by atoms with Crippen LogP contribution in [0.2, 0.25) is 5.02 Å². The molecule has 1 aromatic heterocycles. The first-order valence-electron chi connectivity index (χ1n) is 9.19. The van der Waals surface area contributed by atoms with Gasteiger partial charge < -0.3 is 14.5 Å². The highest BCUT2D eigenvalue weighted by atomic mass is 35.5. The normalized spacial score (nSPS) is 12.0. The van der Waals surface area contributed by atoms with E-state index in [-0.39, 0.29) is 5.91 Å². The molecule has 146 valence electrons. The van der Waals surface area contributed by atoms with Gasteiger partial charge in [-0.05, 0) is 74.0 Å². The van der Waals surface area contributed by atoms with Crippen LogP contribution in [-0.2, 0) is 4.79 Å². The number of ether oxygens (including phenoxy) is 1. The van der Waals surface area contributed by atoms with Gasteiger partial charge in [0.25, 0.3) is 5.91 Å². The molecular formula is C23H19ClN2O3. The lowest BCUT2D eigenvalue weighted by Crippen LogP contribution is -2.30. The number of hydrogen-bond donors (Lipinski definition) is 1. The van der Waals surface area contributed by atoms with Crippen molar-refractivity contribution in [1.29, 1.82) is 0 Å². The number of oxazole rings is 1. The van der Waals surface area contributed by atoms with Gasteiger partial charge in [-0.1, -0.05) is 23.7 Å². The number of fused-ring (bicyclic) bond motifs is 1. The predicted molar refractivity (Wildman–Crippen MR) is 114 cm³/mol. The first-order chi connectivity index (χ1) is 14.0. The van der Waals surface area contributed by atoms with Crippen molar-refractivity contribution < 1.29 is 13.9 Å². The second-order valence-electron chi connectivity index (χ2n) is 6.72. The molecule has 1 atom stereocenters. The number of aromatic nitrogens is 1. The van der Waals surface area contributed by atoms with Crippen LogP contribution in [0.5, 0.6) is 5.75 Å². The molecule has 3 aromatic carbocycles. The molecule has 0 fully saturated rings. The van der Waals surface area contributed by atoms with Gasteiger partial charge in [-0.15, -0.1) is 0 Å². The molecule has 0 radical (unpaired) electrons. The lowest BCUT2D eigenvalue weighted by atomic mass is 10.2. The fraction of sp³-hybridized carbons (Fsp3) is 0.130. The number of hydrogen-bond acceptors (Lipinski definition) is 4. The summed E-state index contributed by atoms with van der Waals surface area (Å²) < 4.78 is 11.5. The summed E-state index contributed by atoms with van der Waals surface area (Å²) in [4.78, 5) is 17.0. The second kappa shape index (κ2) is 7.97. The number of benzene rings is 3. The quantitative estimate of drug-likeness (QED) is 0.450. The molecule has 1 heterocycles. The molecule has 0 aliphatic rings. The summed E-state index contributed by atoms with van der Waals surface area (Å²) in [6, 6.07) is 20.2. The van der Waals surface area contributed by atoms with Gasteiger partial charge in [0.05, 0.1) is 0 Å². The number of para-hydroxylation sites is 2. The van der Waals surface area contributed by atoms with E-state index in [0.717, 1.165) is 22.2 Å². The minimum Gasteiger partial charge on any atom is -0.481 e. The maximum atomic E-state index is 12.5. The topological polar surface area (TPSA) is 64.4 Å². The van der Waals surface area contributed by atoms with Gasteiger partial charge in [-0.3, -0.25) is 4.79 Å². The zero-order valence-electron chi connectivity index (χ0n) is 16.0. The van der Waals surface area contributed by atoms with Crippen LogP contribution in [0.3, 0.4) is 0 Å². The Hall–Kier alpha value is -3.31. The first-order valence-corrected chi connectivity index (χ1v) is 9.57. The van der Waals surface area contributed by atoms with Crippen molar-refractivity contribution >= 4 is 34.3 Å². The van der Waals surface area contributed by atoms with Crippen LogP contribution < -0.4 is 10.1 Å². The Bertz CT molecular complexity index is 1140. The van der Waals surface area contributed by atoms with E-state index >= 15 is 0 Å². The van der Waals surface area contributed by atoms with Crippen molar-refractivity contribution in [2.75, 3.05) is 5.32 Å². The first kappa shape index (κ1) is 19.0. The molecule has 5 nitrogen and oxygen atoms in total. The van der Waals surface area contributed by atoms with Gasteiger partial charge in [0.1, 0.15) is 11.3 Å². The number of halogens is 1. The van der Waals surface area contributed by atoms with E-state index < -0.39 is 6.10 Å². The lowest BCUT2D eigenvalue weighted by Gasteiger charge is -2.16. The van der Waals surface area contributed by atoms with Crippen molar-refractivity contribution in [2.24, 2.45) is 0 Å². The molecule has 4 aromatic rings. The van der Waals surface area contributed by atoms with E-state index in [1.54, 1.807) is 25.1 Å². The SMILES string of the molecule is Cc1cc(Cl)ccc1O[C@H](C)C(=O)Nc1ccc(-c2nc3ccccc3o2)cc1. The molecule has 0 unspecified atom stereocenters. The van der Waals surface area contributed by atoms with Crippen molar-refractivity contribution in [2.45, 2.75) is 20.0 Å². The largest absolute Gasteiger partial charge is 0.481 e. The molecule has 0 bridgehead atoms. The molecule has 0 aliphatic heterocycles. The molecule has 0 aliphatic carbocycles. The molecule has 0 saturated carbocycles. The number of nitrogens with one attached hydrogen (secondary N) is 1. The van der Waals surface area contributed by atoms with Crippen LogP contribution in [0.15, 0.2) is 71.1 Å². The predicted octanol–water partition coefficient (Wildman–Crippen LogP) is 5.86. The number of carbonyl (C=O) groups is 1. The van der Waals surface area contributed by atoms with Gasteiger partial charge in [0.2, 0.25) is 5.89 Å². The minimum absolute atomic E-state index is 0.242. The number of nitrogens with zero attached hydrogens (tertiary/aromatic N) is 1. The fourth-order valence-corrected chi connectivity index (χ4v) is 3.15.